The minimum absolute atomic E-state index is 0.137. The molecular formula is C10H19N3S. The zero-order valence-electron chi connectivity index (χ0n) is 9.13. The Morgan fingerprint density at radius 2 is 2.29 bits per heavy atom. The van der Waals surface area contributed by atoms with E-state index in [4.69, 9.17) is 5.73 Å². The van der Waals surface area contributed by atoms with E-state index in [2.05, 4.69) is 36.5 Å². The lowest BCUT2D eigenvalue weighted by Crippen LogP contribution is -2.31. The van der Waals surface area contributed by atoms with E-state index in [1.54, 1.807) is 11.3 Å². The van der Waals surface area contributed by atoms with E-state index in [9.17, 15) is 0 Å². The van der Waals surface area contributed by atoms with Gasteiger partial charge in [-0.25, -0.2) is 4.98 Å². The van der Waals surface area contributed by atoms with Crippen LogP contribution in [-0.4, -0.2) is 18.1 Å². The number of nitrogens with zero attached hydrogens (tertiary/aromatic N) is 1. The van der Waals surface area contributed by atoms with Crippen LogP contribution < -0.4 is 11.1 Å². The fraction of sp³-hybridized carbons (Fsp3) is 0.700. The van der Waals surface area contributed by atoms with Crippen LogP contribution in [0.3, 0.4) is 0 Å². The molecule has 3 nitrogen and oxygen atoms in total. The minimum Gasteiger partial charge on any atom is -0.361 e. The number of thiazole rings is 1. The molecular weight excluding hydrogens is 194 g/mol. The molecule has 1 aromatic heterocycles. The van der Waals surface area contributed by atoms with Crippen LogP contribution in [0.4, 0.5) is 5.13 Å². The molecule has 3 N–H and O–H groups in total. The molecule has 4 heteroatoms. The summed E-state index contributed by atoms with van der Waals surface area (Å²) in [5.41, 5.74) is 6.94. The van der Waals surface area contributed by atoms with E-state index in [0.717, 1.165) is 23.8 Å². The van der Waals surface area contributed by atoms with Gasteiger partial charge < -0.3 is 11.1 Å². The van der Waals surface area contributed by atoms with Crippen molar-refractivity contribution in [2.75, 3.05) is 18.4 Å². The number of rotatable bonds is 5. The molecule has 0 aliphatic rings. The van der Waals surface area contributed by atoms with Gasteiger partial charge in [0.2, 0.25) is 0 Å². The van der Waals surface area contributed by atoms with Crippen molar-refractivity contribution in [3.63, 3.8) is 0 Å². The summed E-state index contributed by atoms with van der Waals surface area (Å²) >= 11 is 1.66. The molecule has 0 spiro atoms. The Bertz CT molecular complexity index is 281. The van der Waals surface area contributed by atoms with Gasteiger partial charge in [0.1, 0.15) is 0 Å². The highest BCUT2D eigenvalue weighted by molar-refractivity contribution is 7.13. The first-order valence-corrected chi connectivity index (χ1v) is 5.83. The number of nitrogens with two attached hydrogens (primary N) is 1. The predicted octanol–water partition coefficient (Wildman–Crippen LogP) is 2.10. The molecule has 0 aromatic carbocycles. The Kier molecular flexibility index (Phi) is 3.89. The molecule has 0 saturated carbocycles. The summed E-state index contributed by atoms with van der Waals surface area (Å²) in [5, 5.41) is 6.42. The van der Waals surface area contributed by atoms with Crippen molar-refractivity contribution in [1.29, 1.82) is 0 Å². The standard InChI is InChI=1S/C10H19N3S/c1-4-8-5-14-9(13-8)12-7-10(2,3)6-11/h5H,4,6-7,11H2,1-3H3,(H,12,13). The predicted molar refractivity (Wildman–Crippen MR) is 62.8 cm³/mol. The lowest BCUT2D eigenvalue weighted by Gasteiger charge is -2.22. The van der Waals surface area contributed by atoms with Crippen LogP contribution in [0.15, 0.2) is 5.38 Å². The highest BCUT2D eigenvalue weighted by Crippen LogP contribution is 2.19. The Morgan fingerprint density at radius 1 is 1.57 bits per heavy atom. The maximum absolute atomic E-state index is 5.64. The third-order valence-corrected chi connectivity index (χ3v) is 3.03. The van der Waals surface area contributed by atoms with E-state index in [1.807, 2.05) is 0 Å². The van der Waals surface area contributed by atoms with Gasteiger partial charge in [0, 0.05) is 11.9 Å². The highest BCUT2D eigenvalue weighted by atomic mass is 32.1. The number of anilines is 1. The first kappa shape index (κ1) is 11.5. The molecule has 0 amide bonds. The van der Waals surface area contributed by atoms with E-state index < -0.39 is 0 Å². The van der Waals surface area contributed by atoms with Crippen LogP contribution in [0.25, 0.3) is 0 Å². The summed E-state index contributed by atoms with van der Waals surface area (Å²) in [4.78, 5) is 4.43. The topological polar surface area (TPSA) is 50.9 Å². The second kappa shape index (κ2) is 4.75. The van der Waals surface area contributed by atoms with E-state index in [0.29, 0.717) is 6.54 Å². The average Bonchev–Trinajstić information content (AvgIpc) is 2.63. The summed E-state index contributed by atoms with van der Waals surface area (Å²) in [6, 6.07) is 0. The molecule has 0 unspecified atom stereocenters. The quantitative estimate of drug-likeness (QED) is 0.787. The summed E-state index contributed by atoms with van der Waals surface area (Å²) in [6.07, 6.45) is 0.998. The van der Waals surface area contributed by atoms with Crippen LogP contribution in [0.2, 0.25) is 0 Å². The normalized spacial score (nSPS) is 11.7. The third kappa shape index (κ3) is 3.27. The van der Waals surface area contributed by atoms with Crippen molar-refractivity contribution in [1.82, 2.24) is 4.98 Å². The fourth-order valence-corrected chi connectivity index (χ4v) is 1.73. The molecule has 0 aliphatic carbocycles. The van der Waals surface area contributed by atoms with Crippen LogP contribution in [0, 0.1) is 5.41 Å². The van der Waals surface area contributed by atoms with Crippen molar-refractivity contribution < 1.29 is 0 Å². The Hall–Kier alpha value is -0.610. The Morgan fingerprint density at radius 3 is 2.79 bits per heavy atom. The SMILES string of the molecule is CCc1csc(NCC(C)(C)CN)n1. The van der Waals surface area contributed by atoms with Crippen molar-refractivity contribution in [3.05, 3.63) is 11.1 Å². The van der Waals surface area contributed by atoms with Crippen molar-refractivity contribution in [2.24, 2.45) is 11.1 Å². The summed E-state index contributed by atoms with van der Waals surface area (Å²) < 4.78 is 0. The lowest BCUT2D eigenvalue weighted by molar-refractivity contribution is 0.405. The van der Waals surface area contributed by atoms with Gasteiger partial charge in [-0.2, -0.15) is 0 Å². The molecule has 0 bridgehead atoms. The maximum atomic E-state index is 5.64. The molecule has 0 radical (unpaired) electrons. The lowest BCUT2D eigenvalue weighted by atomic mass is 9.94. The largest absolute Gasteiger partial charge is 0.361 e. The fourth-order valence-electron chi connectivity index (χ4n) is 0.938. The van der Waals surface area contributed by atoms with Gasteiger partial charge >= 0.3 is 0 Å². The van der Waals surface area contributed by atoms with Crippen LogP contribution in [-0.2, 0) is 6.42 Å². The van der Waals surface area contributed by atoms with Gasteiger partial charge in [-0.3, -0.25) is 0 Å². The van der Waals surface area contributed by atoms with Gasteiger partial charge in [-0.05, 0) is 18.4 Å². The summed E-state index contributed by atoms with van der Waals surface area (Å²) in [5.74, 6) is 0. The molecule has 0 aliphatic heterocycles. The van der Waals surface area contributed by atoms with Gasteiger partial charge in [0.15, 0.2) is 5.13 Å². The zero-order chi connectivity index (χ0) is 10.6. The van der Waals surface area contributed by atoms with Crippen LogP contribution >= 0.6 is 11.3 Å². The van der Waals surface area contributed by atoms with Crippen molar-refractivity contribution in [2.45, 2.75) is 27.2 Å². The highest BCUT2D eigenvalue weighted by Gasteiger charge is 2.15. The van der Waals surface area contributed by atoms with Gasteiger partial charge in [0.25, 0.3) is 0 Å². The molecule has 0 saturated heterocycles. The number of nitrogens with one attached hydrogen (secondary N) is 1. The number of hydrogen-bond acceptors (Lipinski definition) is 4. The molecule has 1 aromatic rings. The Balaban J connectivity index is 2.45. The molecule has 0 fully saturated rings. The van der Waals surface area contributed by atoms with Crippen molar-refractivity contribution in [3.8, 4) is 0 Å². The summed E-state index contributed by atoms with van der Waals surface area (Å²) in [6.45, 7) is 7.97. The maximum Gasteiger partial charge on any atom is 0.182 e. The van der Waals surface area contributed by atoms with Crippen LogP contribution in [0.5, 0.6) is 0 Å². The second-order valence-corrected chi connectivity index (χ2v) is 5.08. The summed E-state index contributed by atoms with van der Waals surface area (Å²) in [7, 11) is 0. The Labute approximate surface area is 89.7 Å². The average molecular weight is 213 g/mol. The molecule has 1 rings (SSSR count). The number of aromatic nitrogens is 1. The molecule has 1 heterocycles. The van der Waals surface area contributed by atoms with E-state index >= 15 is 0 Å². The molecule has 80 valence electrons. The van der Waals surface area contributed by atoms with Crippen molar-refractivity contribution >= 4 is 16.5 Å². The van der Waals surface area contributed by atoms with Gasteiger partial charge in [-0.15, -0.1) is 11.3 Å². The third-order valence-electron chi connectivity index (χ3n) is 2.18. The number of hydrogen-bond donors (Lipinski definition) is 2. The first-order valence-electron chi connectivity index (χ1n) is 4.96. The monoisotopic (exact) mass is 213 g/mol. The zero-order valence-corrected chi connectivity index (χ0v) is 9.95. The van der Waals surface area contributed by atoms with Gasteiger partial charge in [-0.1, -0.05) is 20.8 Å². The first-order chi connectivity index (χ1) is 6.57. The molecule has 14 heavy (non-hydrogen) atoms. The van der Waals surface area contributed by atoms with Crippen LogP contribution in [0.1, 0.15) is 26.5 Å². The van der Waals surface area contributed by atoms with E-state index in [-0.39, 0.29) is 5.41 Å². The molecule has 0 atom stereocenters. The number of aryl methyl sites for hydroxylation is 1. The van der Waals surface area contributed by atoms with Gasteiger partial charge in [0.05, 0.1) is 5.69 Å². The second-order valence-electron chi connectivity index (χ2n) is 4.22. The smallest absolute Gasteiger partial charge is 0.182 e. The minimum atomic E-state index is 0.137. The van der Waals surface area contributed by atoms with E-state index in [1.165, 1.54) is 0 Å².